The monoisotopic (exact) mass is 335 g/mol. The second kappa shape index (κ2) is 7.95. The third kappa shape index (κ3) is 3.42. The first kappa shape index (κ1) is 18.0. The minimum Gasteiger partial charge on any atom is -0.493 e. The lowest BCUT2D eigenvalue weighted by atomic mass is 10.0. The van der Waals surface area contributed by atoms with Gasteiger partial charge in [-0.25, -0.2) is 4.79 Å². The van der Waals surface area contributed by atoms with Crippen molar-refractivity contribution in [2.75, 3.05) is 41.5 Å². The minimum absolute atomic E-state index is 0.323. The number of rotatable bonds is 6. The van der Waals surface area contributed by atoms with E-state index in [0.29, 0.717) is 35.0 Å². The number of benzene rings is 1. The molecule has 0 spiro atoms. The van der Waals surface area contributed by atoms with Gasteiger partial charge in [0, 0.05) is 19.3 Å². The topological polar surface area (TPSA) is 57.2 Å². The summed E-state index contributed by atoms with van der Waals surface area (Å²) in [7, 11) is 6.65. The normalized spacial score (nSPS) is 16.0. The average molecular weight is 335 g/mol. The van der Waals surface area contributed by atoms with Crippen molar-refractivity contribution in [3.63, 3.8) is 0 Å². The highest BCUT2D eigenvalue weighted by atomic mass is 16.5. The molecule has 132 valence electrons. The SMILES string of the molecule is CCOC(=O)/C(=C1/CCCN1C)c1cc(OC)c(OC)c(OC)c1. The van der Waals surface area contributed by atoms with Gasteiger partial charge in [-0.05, 0) is 37.5 Å². The molecule has 24 heavy (non-hydrogen) atoms. The lowest BCUT2D eigenvalue weighted by Gasteiger charge is -2.20. The Morgan fingerprint density at radius 3 is 2.17 bits per heavy atom. The van der Waals surface area contributed by atoms with Crippen LogP contribution in [0.5, 0.6) is 17.2 Å². The predicted molar refractivity (Wildman–Crippen MR) is 91.5 cm³/mol. The molecule has 1 fully saturated rings. The smallest absolute Gasteiger partial charge is 0.340 e. The molecule has 6 nitrogen and oxygen atoms in total. The number of hydrogen-bond acceptors (Lipinski definition) is 6. The summed E-state index contributed by atoms with van der Waals surface area (Å²) in [5.41, 5.74) is 2.23. The average Bonchev–Trinajstić information content (AvgIpc) is 3.00. The van der Waals surface area contributed by atoms with E-state index < -0.39 is 0 Å². The molecule has 1 aliphatic rings. The maximum atomic E-state index is 12.6. The molecule has 0 N–H and O–H groups in total. The van der Waals surface area contributed by atoms with E-state index in [1.54, 1.807) is 40.4 Å². The zero-order chi connectivity index (χ0) is 17.7. The van der Waals surface area contributed by atoms with E-state index in [9.17, 15) is 4.79 Å². The lowest BCUT2D eigenvalue weighted by Crippen LogP contribution is -2.17. The summed E-state index contributed by atoms with van der Waals surface area (Å²) in [4.78, 5) is 14.7. The van der Waals surface area contributed by atoms with Crippen LogP contribution in [-0.4, -0.2) is 52.4 Å². The Kier molecular flexibility index (Phi) is 5.95. The van der Waals surface area contributed by atoms with Gasteiger partial charge in [0.25, 0.3) is 0 Å². The van der Waals surface area contributed by atoms with Crippen molar-refractivity contribution < 1.29 is 23.7 Å². The van der Waals surface area contributed by atoms with Crippen LogP contribution < -0.4 is 14.2 Å². The molecule has 6 heteroatoms. The number of esters is 1. The first-order valence-electron chi connectivity index (χ1n) is 7.99. The van der Waals surface area contributed by atoms with Crippen molar-refractivity contribution in [2.45, 2.75) is 19.8 Å². The molecule has 1 heterocycles. The summed E-state index contributed by atoms with van der Waals surface area (Å²) in [6.07, 6.45) is 1.85. The van der Waals surface area contributed by atoms with E-state index in [2.05, 4.69) is 4.90 Å². The number of carbonyl (C=O) groups is 1. The van der Waals surface area contributed by atoms with Crippen LogP contribution in [0, 0.1) is 0 Å². The van der Waals surface area contributed by atoms with Crippen molar-refractivity contribution in [2.24, 2.45) is 0 Å². The molecule has 0 atom stereocenters. The predicted octanol–water partition coefficient (Wildman–Crippen LogP) is 2.71. The van der Waals surface area contributed by atoms with Gasteiger partial charge in [0.05, 0.1) is 33.5 Å². The van der Waals surface area contributed by atoms with Crippen LogP contribution in [0.4, 0.5) is 0 Å². The van der Waals surface area contributed by atoms with E-state index in [0.717, 1.165) is 25.1 Å². The number of likely N-dealkylation sites (tertiary alicyclic amines) is 1. The fraction of sp³-hybridized carbons (Fsp3) is 0.500. The van der Waals surface area contributed by atoms with Gasteiger partial charge in [0.15, 0.2) is 11.5 Å². The Morgan fingerprint density at radius 2 is 1.75 bits per heavy atom. The van der Waals surface area contributed by atoms with Gasteiger partial charge in [-0.3, -0.25) is 0 Å². The Bertz CT molecular complexity index is 613. The highest BCUT2D eigenvalue weighted by Gasteiger charge is 2.27. The highest BCUT2D eigenvalue weighted by molar-refractivity contribution is 6.17. The Labute approximate surface area is 142 Å². The van der Waals surface area contributed by atoms with E-state index in [1.807, 2.05) is 7.05 Å². The number of carbonyl (C=O) groups excluding carboxylic acids is 1. The summed E-state index contributed by atoms with van der Waals surface area (Å²) in [5.74, 6) is 1.18. The summed E-state index contributed by atoms with van der Waals surface area (Å²) in [6, 6.07) is 3.57. The van der Waals surface area contributed by atoms with Crippen LogP contribution in [0.3, 0.4) is 0 Å². The fourth-order valence-electron chi connectivity index (χ4n) is 2.96. The Hall–Kier alpha value is -2.37. The van der Waals surface area contributed by atoms with E-state index >= 15 is 0 Å². The molecule has 1 aliphatic heterocycles. The Balaban J connectivity index is 2.65. The third-order valence-corrected chi connectivity index (χ3v) is 4.09. The molecule has 1 saturated heterocycles. The van der Waals surface area contributed by atoms with Gasteiger partial charge in [-0.1, -0.05) is 0 Å². The van der Waals surface area contributed by atoms with Crippen molar-refractivity contribution in [3.8, 4) is 17.2 Å². The van der Waals surface area contributed by atoms with Crippen LogP contribution in [-0.2, 0) is 9.53 Å². The molecule has 0 radical (unpaired) electrons. The van der Waals surface area contributed by atoms with Crippen molar-refractivity contribution >= 4 is 11.5 Å². The first-order chi connectivity index (χ1) is 11.6. The molecule has 0 saturated carbocycles. The molecular weight excluding hydrogens is 310 g/mol. The zero-order valence-electron chi connectivity index (χ0n) is 15.0. The van der Waals surface area contributed by atoms with Crippen LogP contribution in [0.15, 0.2) is 17.8 Å². The molecule has 2 rings (SSSR count). The molecule has 0 aromatic heterocycles. The standard InChI is InChI=1S/C18H25NO5/c1-6-24-18(20)16(13-8-7-9-19(13)2)12-10-14(21-3)17(23-5)15(11-12)22-4/h10-11H,6-9H2,1-5H3/b16-13-. The van der Waals surface area contributed by atoms with E-state index in [4.69, 9.17) is 18.9 Å². The van der Waals surface area contributed by atoms with Crippen molar-refractivity contribution in [1.82, 2.24) is 4.90 Å². The molecule has 0 amide bonds. The second-order valence-corrected chi connectivity index (χ2v) is 5.48. The number of ether oxygens (including phenoxy) is 4. The van der Waals surface area contributed by atoms with Gasteiger partial charge in [0.2, 0.25) is 5.75 Å². The summed E-state index contributed by atoms with van der Waals surface area (Å²) < 4.78 is 21.5. The van der Waals surface area contributed by atoms with Crippen LogP contribution in [0.2, 0.25) is 0 Å². The maximum absolute atomic E-state index is 12.6. The quantitative estimate of drug-likeness (QED) is 0.588. The molecule has 1 aromatic rings. The van der Waals surface area contributed by atoms with Crippen LogP contribution >= 0.6 is 0 Å². The molecule has 0 aliphatic carbocycles. The van der Waals surface area contributed by atoms with Gasteiger partial charge < -0.3 is 23.8 Å². The first-order valence-corrected chi connectivity index (χ1v) is 7.99. The van der Waals surface area contributed by atoms with Gasteiger partial charge in [-0.15, -0.1) is 0 Å². The molecule has 0 unspecified atom stereocenters. The van der Waals surface area contributed by atoms with E-state index in [1.165, 1.54) is 0 Å². The van der Waals surface area contributed by atoms with Crippen molar-refractivity contribution in [3.05, 3.63) is 23.4 Å². The largest absolute Gasteiger partial charge is 0.493 e. The number of allylic oxidation sites excluding steroid dienone is 1. The summed E-state index contributed by atoms with van der Waals surface area (Å²) >= 11 is 0. The van der Waals surface area contributed by atoms with Crippen LogP contribution in [0.1, 0.15) is 25.3 Å². The minimum atomic E-state index is -0.337. The molecular formula is C18H25NO5. The van der Waals surface area contributed by atoms with Gasteiger partial charge in [-0.2, -0.15) is 0 Å². The highest BCUT2D eigenvalue weighted by Crippen LogP contribution is 2.41. The lowest BCUT2D eigenvalue weighted by molar-refractivity contribution is -0.136. The van der Waals surface area contributed by atoms with Crippen LogP contribution in [0.25, 0.3) is 5.57 Å². The summed E-state index contributed by atoms with van der Waals surface area (Å²) in [5, 5.41) is 0. The molecule has 0 bridgehead atoms. The Morgan fingerprint density at radius 1 is 1.12 bits per heavy atom. The van der Waals surface area contributed by atoms with Crippen molar-refractivity contribution in [1.29, 1.82) is 0 Å². The maximum Gasteiger partial charge on any atom is 0.340 e. The zero-order valence-corrected chi connectivity index (χ0v) is 15.0. The third-order valence-electron chi connectivity index (χ3n) is 4.09. The fourth-order valence-corrected chi connectivity index (χ4v) is 2.96. The summed E-state index contributed by atoms with van der Waals surface area (Å²) in [6.45, 7) is 3.04. The number of hydrogen-bond donors (Lipinski definition) is 0. The number of nitrogens with zero attached hydrogens (tertiary/aromatic N) is 1. The molecule has 1 aromatic carbocycles. The van der Waals surface area contributed by atoms with Gasteiger partial charge in [0.1, 0.15) is 0 Å². The second-order valence-electron chi connectivity index (χ2n) is 5.48. The van der Waals surface area contributed by atoms with E-state index in [-0.39, 0.29) is 5.97 Å². The van der Waals surface area contributed by atoms with Gasteiger partial charge >= 0.3 is 5.97 Å². The number of methoxy groups -OCH3 is 3.